The van der Waals surface area contributed by atoms with Crippen LogP contribution in [0, 0.1) is 6.92 Å². The molecule has 1 amide bonds. The predicted octanol–water partition coefficient (Wildman–Crippen LogP) is 5.18. The molecule has 0 radical (unpaired) electrons. The second-order valence-corrected chi connectivity index (χ2v) is 5.90. The molecule has 0 aliphatic heterocycles. The summed E-state index contributed by atoms with van der Waals surface area (Å²) in [7, 11) is 0. The fourth-order valence-corrected chi connectivity index (χ4v) is 2.59. The molecule has 0 bridgehead atoms. The minimum absolute atomic E-state index is 0.219. The molecule has 0 saturated heterocycles. The molecule has 2 aromatic heterocycles. The van der Waals surface area contributed by atoms with Gasteiger partial charge in [0.2, 0.25) is 5.88 Å². The normalized spacial score (nSPS) is 10.7. The van der Waals surface area contributed by atoms with Gasteiger partial charge in [-0.3, -0.25) is 4.79 Å². The van der Waals surface area contributed by atoms with Gasteiger partial charge in [0.15, 0.2) is 0 Å². The Bertz CT molecular complexity index is 1050. The molecule has 0 unspecified atom stereocenters. The third kappa shape index (κ3) is 3.28. The molecule has 4 aromatic rings. The number of benzene rings is 2. The molecule has 26 heavy (non-hydrogen) atoms. The summed E-state index contributed by atoms with van der Waals surface area (Å²) < 4.78 is 11.1. The number of nitrogens with zero attached hydrogens (tertiary/aromatic N) is 1. The molecule has 4 rings (SSSR count). The summed E-state index contributed by atoms with van der Waals surface area (Å²) in [6, 6.07) is 18.3. The van der Waals surface area contributed by atoms with E-state index in [0.29, 0.717) is 28.5 Å². The summed E-state index contributed by atoms with van der Waals surface area (Å²) in [4.78, 5) is 16.7. The lowest BCUT2D eigenvalue weighted by atomic mass is 10.1. The van der Waals surface area contributed by atoms with E-state index in [0.717, 1.165) is 10.9 Å². The van der Waals surface area contributed by atoms with E-state index in [4.69, 9.17) is 9.15 Å². The van der Waals surface area contributed by atoms with Gasteiger partial charge < -0.3 is 14.5 Å². The van der Waals surface area contributed by atoms with E-state index in [-0.39, 0.29) is 5.91 Å². The van der Waals surface area contributed by atoms with E-state index in [1.54, 1.807) is 30.5 Å². The molecule has 0 aliphatic rings. The molecular formula is C21H16N2O3. The van der Waals surface area contributed by atoms with Crippen molar-refractivity contribution in [3.63, 3.8) is 0 Å². The van der Waals surface area contributed by atoms with Gasteiger partial charge in [-0.25, -0.2) is 4.98 Å². The summed E-state index contributed by atoms with van der Waals surface area (Å²) in [6.45, 7) is 1.97. The number of carbonyl (C=O) groups is 1. The summed E-state index contributed by atoms with van der Waals surface area (Å²) in [6.07, 6.45) is 3.22. The molecule has 2 heterocycles. The highest BCUT2D eigenvalue weighted by molar-refractivity contribution is 6.12. The Morgan fingerprint density at radius 2 is 1.85 bits per heavy atom. The maximum atomic E-state index is 12.5. The van der Waals surface area contributed by atoms with Crippen LogP contribution < -0.4 is 10.1 Å². The first-order chi connectivity index (χ1) is 12.7. The molecule has 128 valence electrons. The van der Waals surface area contributed by atoms with Crippen molar-refractivity contribution in [3.05, 3.63) is 84.3 Å². The number of rotatable bonds is 4. The number of aryl methyl sites for hydroxylation is 1. The Labute approximate surface area is 150 Å². The Kier molecular flexibility index (Phi) is 4.11. The van der Waals surface area contributed by atoms with Crippen molar-refractivity contribution >= 4 is 22.6 Å². The molecular weight excluding hydrogens is 328 g/mol. The first-order valence-electron chi connectivity index (χ1n) is 8.17. The van der Waals surface area contributed by atoms with E-state index in [9.17, 15) is 4.79 Å². The Hall–Kier alpha value is -3.60. The number of pyridine rings is 1. The maximum absolute atomic E-state index is 12.5. The number of anilines is 1. The minimum Gasteiger partial charge on any atom is -0.463 e. The number of hydrogen-bond acceptors (Lipinski definition) is 4. The van der Waals surface area contributed by atoms with Gasteiger partial charge in [0.1, 0.15) is 17.6 Å². The third-order valence-electron chi connectivity index (χ3n) is 3.94. The summed E-state index contributed by atoms with van der Waals surface area (Å²) >= 11 is 0. The lowest BCUT2D eigenvalue weighted by molar-refractivity contribution is 0.102. The fraction of sp³-hybridized carbons (Fsp3) is 0.0476. The van der Waals surface area contributed by atoms with Gasteiger partial charge in [0.25, 0.3) is 5.91 Å². The van der Waals surface area contributed by atoms with Crippen LogP contribution in [0.25, 0.3) is 11.0 Å². The molecule has 0 saturated carbocycles. The van der Waals surface area contributed by atoms with Crippen molar-refractivity contribution in [1.29, 1.82) is 0 Å². The molecule has 5 heteroatoms. The Morgan fingerprint density at radius 1 is 1.04 bits per heavy atom. The van der Waals surface area contributed by atoms with Crippen molar-refractivity contribution in [2.75, 3.05) is 5.32 Å². The highest BCUT2D eigenvalue weighted by atomic mass is 16.5. The van der Waals surface area contributed by atoms with Gasteiger partial charge in [-0.2, -0.15) is 0 Å². The maximum Gasteiger partial charge on any atom is 0.259 e. The topological polar surface area (TPSA) is 64.4 Å². The molecule has 0 fully saturated rings. The van der Waals surface area contributed by atoms with Gasteiger partial charge in [-0.1, -0.05) is 24.3 Å². The highest BCUT2D eigenvalue weighted by Crippen LogP contribution is 2.24. The molecule has 0 spiro atoms. The van der Waals surface area contributed by atoms with Crippen molar-refractivity contribution in [2.45, 2.75) is 6.92 Å². The number of carbonyl (C=O) groups excluding carboxylic acids is 1. The van der Waals surface area contributed by atoms with Crippen molar-refractivity contribution in [2.24, 2.45) is 0 Å². The van der Waals surface area contributed by atoms with Gasteiger partial charge >= 0.3 is 0 Å². The minimum atomic E-state index is -0.219. The Morgan fingerprint density at radius 3 is 2.62 bits per heavy atom. The summed E-state index contributed by atoms with van der Waals surface area (Å²) in [5.41, 5.74) is 2.93. The van der Waals surface area contributed by atoms with Crippen molar-refractivity contribution in [1.82, 2.24) is 4.98 Å². The van der Waals surface area contributed by atoms with E-state index in [2.05, 4.69) is 10.3 Å². The van der Waals surface area contributed by atoms with Crippen molar-refractivity contribution in [3.8, 4) is 11.6 Å². The van der Waals surface area contributed by atoms with Gasteiger partial charge in [-0.05, 0) is 42.8 Å². The van der Waals surface area contributed by atoms with E-state index in [1.165, 1.54) is 6.26 Å². The van der Waals surface area contributed by atoms with Crippen LogP contribution in [0.4, 0.5) is 5.69 Å². The van der Waals surface area contributed by atoms with Gasteiger partial charge in [-0.15, -0.1) is 0 Å². The number of fused-ring (bicyclic) bond motifs is 1. The van der Waals surface area contributed by atoms with Crippen LogP contribution in [0.2, 0.25) is 0 Å². The summed E-state index contributed by atoms with van der Waals surface area (Å²) in [5.74, 6) is 0.953. The van der Waals surface area contributed by atoms with E-state index >= 15 is 0 Å². The van der Waals surface area contributed by atoms with Gasteiger partial charge in [0.05, 0.1) is 5.56 Å². The molecule has 5 nitrogen and oxygen atoms in total. The number of ether oxygens (including phenoxy) is 1. The number of aromatic nitrogens is 1. The van der Waals surface area contributed by atoms with Crippen LogP contribution >= 0.6 is 0 Å². The van der Waals surface area contributed by atoms with Gasteiger partial charge in [0, 0.05) is 23.3 Å². The Balaban J connectivity index is 1.47. The zero-order valence-corrected chi connectivity index (χ0v) is 14.1. The number of para-hydroxylation sites is 1. The van der Waals surface area contributed by atoms with Crippen LogP contribution in [0.15, 0.2) is 77.5 Å². The molecule has 0 aliphatic carbocycles. The highest BCUT2D eigenvalue weighted by Gasteiger charge is 2.13. The monoisotopic (exact) mass is 344 g/mol. The zero-order chi connectivity index (χ0) is 17.9. The number of furan rings is 1. The first kappa shape index (κ1) is 15.9. The summed E-state index contributed by atoms with van der Waals surface area (Å²) in [5, 5.41) is 3.65. The smallest absolute Gasteiger partial charge is 0.259 e. The SMILES string of the molecule is Cc1ccc(Oc2ccc(NC(=O)c3coc4ccccc34)cc2)nc1. The van der Waals surface area contributed by atoms with Crippen LogP contribution in [0.1, 0.15) is 15.9 Å². The zero-order valence-electron chi connectivity index (χ0n) is 14.1. The lowest BCUT2D eigenvalue weighted by Crippen LogP contribution is -2.11. The van der Waals surface area contributed by atoms with Crippen LogP contribution in [-0.2, 0) is 0 Å². The van der Waals surface area contributed by atoms with Crippen LogP contribution in [-0.4, -0.2) is 10.9 Å². The second-order valence-electron chi connectivity index (χ2n) is 5.90. The van der Waals surface area contributed by atoms with E-state index in [1.807, 2.05) is 43.3 Å². The first-order valence-corrected chi connectivity index (χ1v) is 8.17. The number of amides is 1. The fourth-order valence-electron chi connectivity index (χ4n) is 2.59. The standard InChI is InChI=1S/C21H16N2O3/c1-14-6-11-20(22-12-14)26-16-9-7-15(8-10-16)23-21(24)18-13-25-19-5-3-2-4-17(18)19/h2-13H,1H3,(H,23,24). The van der Waals surface area contributed by atoms with Crippen LogP contribution in [0.5, 0.6) is 11.6 Å². The average molecular weight is 344 g/mol. The van der Waals surface area contributed by atoms with Crippen LogP contribution in [0.3, 0.4) is 0 Å². The average Bonchev–Trinajstić information content (AvgIpc) is 3.09. The largest absolute Gasteiger partial charge is 0.463 e. The lowest BCUT2D eigenvalue weighted by Gasteiger charge is -2.07. The van der Waals surface area contributed by atoms with E-state index < -0.39 is 0 Å². The third-order valence-corrected chi connectivity index (χ3v) is 3.94. The predicted molar refractivity (Wildman–Crippen MR) is 99.7 cm³/mol. The molecule has 1 N–H and O–H groups in total. The molecule has 2 aromatic carbocycles. The number of hydrogen-bond donors (Lipinski definition) is 1. The number of nitrogens with one attached hydrogen (secondary N) is 1. The van der Waals surface area contributed by atoms with Crippen molar-refractivity contribution < 1.29 is 13.9 Å². The molecule has 0 atom stereocenters. The quantitative estimate of drug-likeness (QED) is 0.554. The second kappa shape index (κ2) is 6.72.